The Labute approximate surface area is 157 Å². The van der Waals surface area contributed by atoms with Crippen molar-refractivity contribution in [2.24, 2.45) is 5.41 Å². The summed E-state index contributed by atoms with van der Waals surface area (Å²) in [5, 5.41) is 20.7. The van der Waals surface area contributed by atoms with E-state index in [4.69, 9.17) is 9.47 Å². The van der Waals surface area contributed by atoms with Gasteiger partial charge in [0.15, 0.2) is 6.61 Å². The average molecular weight is 377 g/mol. The molecule has 0 saturated heterocycles. The van der Waals surface area contributed by atoms with E-state index in [1.165, 1.54) is 31.2 Å². The van der Waals surface area contributed by atoms with Crippen LogP contribution in [0.3, 0.4) is 0 Å². The smallest absolute Gasteiger partial charge is 0.339 e. The minimum atomic E-state index is -1.40. The summed E-state index contributed by atoms with van der Waals surface area (Å²) in [5.74, 6) is 4.03. The number of hydrogen-bond donors (Lipinski definition) is 1. The molecule has 27 heavy (non-hydrogen) atoms. The molecule has 1 rings (SSSR count). The van der Waals surface area contributed by atoms with Gasteiger partial charge >= 0.3 is 11.9 Å². The number of benzene rings is 1. The highest BCUT2D eigenvalue weighted by Crippen LogP contribution is 2.16. The predicted octanol–water partition coefficient (Wildman–Crippen LogP) is 2.49. The van der Waals surface area contributed by atoms with E-state index in [2.05, 4.69) is 11.8 Å². The molecule has 1 atom stereocenters. The number of ether oxygens (including phenoxy) is 2. The summed E-state index contributed by atoms with van der Waals surface area (Å²) < 4.78 is 10.0. The molecule has 1 aromatic carbocycles. The molecule has 0 radical (unpaired) electrons. The molecular formula is C19H23NO7. The van der Waals surface area contributed by atoms with Crippen LogP contribution in [0.15, 0.2) is 24.3 Å². The first kappa shape index (κ1) is 22.1. The Kier molecular flexibility index (Phi) is 7.49. The molecular weight excluding hydrogens is 354 g/mol. The first-order chi connectivity index (χ1) is 12.4. The third kappa shape index (κ3) is 7.88. The number of esters is 2. The largest absolute Gasteiger partial charge is 0.465 e. The highest BCUT2D eigenvalue weighted by molar-refractivity contribution is 5.89. The second kappa shape index (κ2) is 9.14. The van der Waals surface area contributed by atoms with Crippen LogP contribution >= 0.6 is 0 Å². The van der Waals surface area contributed by atoms with Crippen molar-refractivity contribution >= 4 is 17.6 Å². The third-order valence-corrected chi connectivity index (χ3v) is 3.38. The van der Waals surface area contributed by atoms with Crippen molar-refractivity contribution < 1.29 is 29.1 Å². The van der Waals surface area contributed by atoms with Crippen molar-refractivity contribution in [1.29, 1.82) is 0 Å². The van der Waals surface area contributed by atoms with Gasteiger partial charge in [-0.25, -0.2) is 4.79 Å². The Morgan fingerprint density at radius 3 is 2.26 bits per heavy atom. The summed E-state index contributed by atoms with van der Waals surface area (Å²) in [7, 11) is 0. The Hall–Kier alpha value is -2.92. The Bertz CT molecular complexity index is 749. The minimum absolute atomic E-state index is 0.0143. The third-order valence-electron chi connectivity index (χ3n) is 3.38. The molecule has 0 aromatic heterocycles. The molecule has 0 unspecified atom stereocenters. The van der Waals surface area contributed by atoms with Crippen LogP contribution in [0, 0.1) is 27.4 Å². The van der Waals surface area contributed by atoms with Gasteiger partial charge in [-0.2, -0.15) is 0 Å². The molecule has 0 fully saturated rings. The van der Waals surface area contributed by atoms with Gasteiger partial charge in [-0.05, 0) is 39.8 Å². The van der Waals surface area contributed by atoms with Crippen molar-refractivity contribution in [2.75, 3.05) is 13.2 Å². The van der Waals surface area contributed by atoms with E-state index in [-0.39, 0.29) is 36.9 Å². The number of nitrogens with zero attached hydrogens (tertiary/aromatic N) is 1. The van der Waals surface area contributed by atoms with Crippen LogP contribution in [0.1, 0.15) is 44.5 Å². The number of aliphatic hydroxyl groups is 1. The molecule has 0 saturated carbocycles. The average Bonchev–Trinajstić information content (AvgIpc) is 2.57. The maximum absolute atomic E-state index is 11.8. The molecule has 1 aromatic rings. The van der Waals surface area contributed by atoms with Gasteiger partial charge < -0.3 is 14.6 Å². The number of carbonyl (C=O) groups excluding carboxylic acids is 2. The van der Waals surface area contributed by atoms with E-state index in [1.807, 2.05) is 0 Å². The fourth-order valence-electron chi connectivity index (χ4n) is 1.75. The van der Waals surface area contributed by atoms with E-state index in [0.29, 0.717) is 0 Å². The van der Waals surface area contributed by atoms with Gasteiger partial charge in [-0.1, -0.05) is 11.8 Å². The monoisotopic (exact) mass is 377 g/mol. The lowest BCUT2D eigenvalue weighted by Gasteiger charge is -2.20. The highest BCUT2D eigenvalue weighted by atomic mass is 16.6. The Morgan fingerprint density at radius 1 is 1.15 bits per heavy atom. The summed E-state index contributed by atoms with van der Waals surface area (Å²) >= 11 is 0. The van der Waals surface area contributed by atoms with Gasteiger partial charge in [-0.3, -0.25) is 14.9 Å². The first-order valence-corrected chi connectivity index (χ1v) is 8.23. The molecule has 0 aliphatic carbocycles. The lowest BCUT2D eigenvalue weighted by molar-refractivity contribution is -0.384. The van der Waals surface area contributed by atoms with Gasteiger partial charge in [-0.15, -0.1) is 0 Å². The van der Waals surface area contributed by atoms with Gasteiger partial charge in [0.1, 0.15) is 5.60 Å². The van der Waals surface area contributed by atoms with Gasteiger partial charge in [0.05, 0.1) is 22.5 Å². The van der Waals surface area contributed by atoms with E-state index in [9.17, 15) is 24.8 Å². The minimum Gasteiger partial charge on any atom is -0.465 e. The molecule has 1 N–H and O–H groups in total. The topological polar surface area (TPSA) is 116 Å². The number of nitro benzene ring substituents is 1. The molecule has 0 amide bonds. The Balaban J connectivity index is 2.46. The zero-order valence-corrected chi connectivity index (χ0v) is 15.8. The fraction of sp³-hybridized carbons (Fsp3) is 0.474. The quantitative estimate of drug-likeness (QED) is 0.350. The summed E-state index contributed by atoms with van der Waals surface area (Å²) in [6.07, 6.45) is 0.109. The summed E-state index contributed by atoms with van der Waals surface area (Å²) in [6, 6.07) is 4.97. The van der Waals surface area contributed by atoms with E-state index in [0.717, 1.165) is 0 Å². The molecule has 0 heterocycles. The SMILES string of the molecule is CC(C)(C)C(=O)OCC[C@@](C)(O)C#CCOC(=O)c1ccc([N+](=O)[O-])cc1. The zero-order chi connectivity index (χ0) is 20.7. The van der Waals surface area contributed by atoms with Gasteiger partial charge in [0.2, 0.25) is 0 Å². The standard InChI is InChI=1S/C19H23NO7/c1-18(2,3)17(22)27-13-11-19(4,23)10-5-12-26-16(21)14-6-8-15(9-7-14)20(24)25/h6-9,23H,11-13H2,1-4H3/t19-/m0/s1. The lowest BCUT2D eigenvalue weighted by Crippen LogP contribution is -2.28. The molecule has 0 aliphatic heterocycles. The predicted molar refractivity (Wildman–Crippen MR) is 96.8 cm³/mol. The molecule has 0 bridgehead atoms. The van der Waals surface area contributed by atoms with E-state index < -0.39 is 21.9 Å². The van der Waals surface area contributed by atoms with Gasteiger partial charge in [0, 0.05) is 18.6 Å². The van der Waals surface area contributed by atoms with E-state index >= 15 is 0 Å². The molecule has 0 spiro atoms. The lowest BCUT2D eigenvalue weighted by atomic mass is 9.97. The maximum Gasteiger partial charge on any atom is 0.339 e. The van der Waals surface area contributed by atoms with Crippen LogP contribution < -0.4 is 0 Å². The van der Waals surface area contributed by atoms with Crippen molar-refractivity contribution in [3.05, 3.63) is 39.9 Å². The fourth-order valence-corrected chi connectivity index (χ4v) is 1.75. The molecule has 8 heteroatoms. The van der Waals surface area contributed by atoms with Crippen LogP contribution in [0.5, 0.6) is 0 Å². The van der Waals surface area contributed by atoms with Crippen molar-refractivity contribution in [3.8, 4) is 11.8 Å². The number of rotatable bonds is 6. The Morgan fingerprint density at radius 2 is 1.74 bits per heavy atom. The highest BCUT2D eigenvalue weighted by Gasteiger charge is 2.24. The number of hydrogen-bond acceptors (Lipinski definition) is 7. The van der Waals surface area contributed by atoms with Crippen LogP contribution in [0.2, 0.25) is 0 Å². The summed E-state index contributed by atoms with van der Waals surface area (Å²) in [6.45, 7) is 6.41. The van der Waals surface area contributed by atoms with Crippen LogP contribution in [0.4, 0.5) is 5.69 Å². The molecule has 146 valence electrons. The van der Waals surface area contributed by atoms with Crippen molar-refractivity contribution in [2.45, 2.75) is 39.7 Å². The van der Waals surface area contributed by atoms with Crippen LogP contribution in [-0.2, 0) is 14.3 Å². The molecule has 0 aliphatic rings. The second-order valence-corrected chi connectivity index (χ2v) is 7.09. The normalized spacial score (nSPS) is 12.9. The van der Waals surface area contributed by atoms with Crippen LogP contribution in [0.25, 0.3) is 0 Å². The van der Waals surface area contributed by atoms with E-state index in [1.54, 1.807) is 20.8 Å². The first-order valence-electron chi connectivity index (χ1n) is 8.23. The van der Waals surface area contributed by atoms with Crippen molar-refractivity contribution in [3.63, 3.8) is 0 Å². The van der Waals surface area contributed by atoms with Gasteiger partial charge in [0.25, 0.3) is 5.69 Å². The second-order valence-electron chi connectivity index (χ2n) is 7.09. The number of non-ortho nitro benzene ring substituents is 1. The summed E-state index contributed by atoms with van der Waals surface area (Å²) in [5.41, 5.74) is -2.00. The number of nitro groups is 1. The maximum atomic E-state index is 11.8. The van der Waals surface area contributed by atoms with Crippen molar-refractivity contribution in [1.82, 2.24) is 0 Å². The number of carbonyl (C=O) groups is 2. The molecule has 8 nitrogen and oxygen atoms in total. The summed E-state index contributed by atoms with van der Waals surface area (Å²) in [4.78, 5) is 33.5. The zero-order valence-electron chi connectivity index (χ0n) is 15.8. The van der Waals surface area contributed by atoms with Crippen LogP contribution in [-0.4, -0.2) is 40.8 Å².